The van der Waals surface area contributed by atoms with Crippen LogP contribution in [0.2, 0.25) is 0 Å². The number of para-hydroxylation sites is 1. The van der Waals surface area contributed by atoms with E-state index < -0.39 is 4.92 Å². The molecule has 3 rings (SSSR count). The molecule has 0 atom stereocenters. The fraction of sp³-hybridized carbons (Fsp3) is 0. The van der Waals surface area contributed by atoms with Crippen molar-refractivity contribution in [1.82, 2.24) is 10.2 Å². The van der Waals surface area contributed by atoms with Gasteiger partial charge in [0.1, 0.15) is 5.69 Å². The molecule has 3 aromatic rings. The van der Waals surface area contributed by atoms with Gasteiger partial charge in [-0.3, -0.25) is 15.2 Å². The zero-order valence-electron chi connectivity index (χ0n) is 9.83. The number of H-pyrrole nitrogens is 1. The number of hydrogen-bond acceptors (Lipinski definition) is 4. The lowest BCUT2D eigenvalue weighted by atomic mass is 10.1. The first-order chi connectivity index (χ1) is 9.16. The van der Waals surface area contributed by atoms with Crippen LogP contribution in [0.1, 0.15) is 0 Å². The third-order valence-corrected chi connectivity index (χ3v) is 2.97. The first-order valence-corrected chi connectivity index (χ1v) is 5.64. The zero-order valence-corrected chi connectivity index (χ0v) is 9.83. The molecule has 94 valence electrons. The van der Waals surface area contributed by atoms with Gasteiger partial charge in [-0.05, 0) is 12.1 Å². The molecule has 2 aromatic carbocycles. The highest BCUT2D eigenvalue weighted by Gasteiger charge is 2.14. The summed E-state index contributed by atoms with van der Waals surface area (Å²) in [6, 6.07) is 11.9. The van der Waals surface area contributed by atoms with Crippen LogP contribution in [-0.2, 0) is 0 Å². The molecule has 0 bridgehead atoms. The van der Waals surface area contributed by atoms with Crippen molar-refractivity contribution in [2.75, 3.05) is 5.73 Å². The number of nitrogen functional groups attached to an aromatic ring is 1. The number of rotatable bonds is 2. The van der Waals surface area contributed by atoms with Gasteiger partial charge in [-0.2, -0.15) is 5.10 Å². The number of nitrogens with zero attached hydrogens (tertiary/aromatic N) is 2. The zero-order chi connectivity index (χ0) is 13.4. The number of non-ortho nitro benzene ring substituents is 1. The van der Waals surface area contributed by atoms with E-state index in [1.54, 1.807) is 12.1 Å². The van der Waals surface area contributed by atoms with Crippen LogP contribution in [0, 0.1) is 10.1 Å². The third-order valence-electron chi connectivity index (χ3n) is 2.97. The van der Waals surface area contributed by atoms with E-state index in [4.69, 9.17) is 5.73 Å². The number of hydrogen-bond donors (Lipinski definition) is 2. The van der Waals surface area contributed by atoms with Crippen molar-refractivity contribution >= 4 is 22.3 Å². The lowest BCUT2D eigenvalue weighted by Crippen LogP contribution is -1.90. The van der Waals surface area contributed by atoms with Gasteiger partial charge in [0.05, 0.1) is 10.4 Å². The lowest BCUT2D eigenvalue weighted by Gasteiger charge is -2.02. The molecule has 0 aliphatic carbocycles. The van der Waals surface area contributed by atoms with Crippen LogP contribution in [0.15, 0.2) is 42.5 Å². The maximum Gasteiger partial charge on any atom is 0.270 e. The molecule has 0 unspecified atom stereocenters. The van der Waals surface area contributed by atoms with Crippen molar-refractivity contribution in [2.24, 2.45) is 0 Å². The van der Waals surface area contributed by atoms with Crippen molar-refractivity contribution in [1.29, 1.82) is 0 Å². The molecule has 0 aliphatic heterocycles. The Balaban J connectivity index is 2.27. The van der Waals surface area contributed by atoms with Crippen LogP contribution in [-0.4, -0.2) is 15.1 Å². The molecule has 0 saturated heterocycles. The highest BCUT2D eigenvalue weighted by molar-refractivity contribution is 5.96. The van der Waals surface area contributed by atoms with Gasteiger partial charge in [0.25, 0.3) is 5.69 Å². The summed E-state index contributed by atoms with van der Waals surface area (Å²) in [6.45, 7) is 0. The predicted octanol–water partition coefficient (Wildman–Crippen LogP) is 2.72. The monoisotopic (exact) mass is 254 g/mol. The average molecular weight is 254 g/mol. The highest BCUT2D eigenvalue weighted by atomic mass is 16.6. The topological polar surface area (TPSA) is 97.8 Å². The summed E-state index contributed by atoms with van der Waals surface area (Å²) in [7, 11) is 0. The maximum absolute atomic E-state index is 10.8. The molecule has 1 heterocycles. The van der Waals surface area contributed by atoms with Gasteiger partial charge in [-0.25, -0.2) is 0 Å². The summed E-state index contributed by atoms with van der Waals surface area (Å²) in [5, 5.41) is 18.6. The van der Waals surface area contributed by atoms with Crippen LogP contribution < -0.4 is 5.73 Å². The first-order valence-electron chi connectivity index (χ1n) is 5.64. The predicted molar refractivity (Wildman–Crippen MR) is 72.6 cm³/mol. The second kappa shape index (κ2) is 4.09. The second-order valence-corrected chi connectivity index (χ2v) is 4.15. The van der Waals surface area contributed by atoms with Gasteiger partial charge >= 0.3 is 0 Å². The number of nitrogens with two attached hydrogens (primary N) is 1. The summed E-state index contributed by atoms with van der Waals surface area (Å²) in [5.41, 5.74) is 8.65. The van der Waals surface area contributed by atoms with Crippen molar-refractivity contribution in [3.8, 4) is 11.3 Å². The maximum atomic E-state index is 10.8. The summed E-state index contributed by atoms with van der Waals surface area (Å²) in [4.78, 5) is 10.4. The largest absolute Gasteiger partial charge is 0.398 e. The molecule has 0 amide bonds. The van der Waals surface area contributed by atoms with Gasteiger partial charge in [-0.15, -0.1) is 0 Å². The number of nitro groups is 1. The fourth-order valence-corrected chi connectivity index (χ4v) is 2.03. The molecule has 6 heteroatoms. The number of anilines is 1. The number of fused-ring (bicyclic) bond motifs is 1. The number of benzene rings is 2. The first kappa shape index (κ1) is 11.2. The molecule has 0 radical (unpaired) electrons. The van der Waals surface area contributed by atoms with E-state index in [1.807, 2.05) is 18.2 Å². The second-order valence-electron chi connectivity index (χ2n) is 4.15. The van der Waals surface area contributed by atoms with E-state index in [-0.39, 0.29) is 5.69 Å². The Bertz CT molecular complexity index is 779. The third kappa shape index (κ3) is 1.79. The SMILES string of the molecule is Nc1ccccc1-c1n[nH]c2ccc([N+](=O)[O-])cc12. The molecular formula is C13H10N4O2. The Morgan fingerprint density at radius 1 is 1.21 bits per heavy atom. The fourth-order valence-electron chi connectivity index (χ4n) is 2.03. The van der Waals surface area contributed by atoms with E-state index in [0.717, 1.165) is 11.1 Å². The molecular weight excluding hydrogens is 244 g/mol. The average Bonchev–Trinajstić information content (AvgIpc) is 2.82. The van der Waals surface area contributed by atoms with Crippen molar-refractivity contribution in [3.63, 3.8) is 0 Å². The van der Waals surface area contributed by atoms with E-state index in [9.17, 15) is 10.1 Å². The van der Waals surface area contributed by atoms with Crippen LogP contribution in [0.25, 0.3) is 22.2 Å². The number of aromatic nitrogens is 2. The van der Waals surface area contributed by atoms with Gasteiger partial charge in [-0.1, -0.05) is 18.2 Å². The van der Waals surface area contributed by atoms with E-state index in [0.29, 0.717) is 16.8 Å². The number of nitro benzene ring substituents is 1. The van der Waals surface area contributed by atoms with Gasteiger partial charge in [0, 0.05) is 28.8 Å². The Hall–Kier alpha value is -2.89. The van der Waals surface area contributed by atoms with Crippen molar-refractivity contribution < 1.29 is 4.92 Å². The summed E-state index contributed by atoms with van der Waals surface area (Å²) >= 11 is 0. The summed E-state index contributed by atoms with van der Waals surface area (Å²) in [5.74, 6) is 0. The standard InChI is InChI=1S/C13H10N4O2/c14-11-4-2-1-3-9(11)13-10-7-8(17(18)19)5-6-12(10)15-16-13/h1-7H,14H2,(H,15,16). The smallest absolute Gasteiger partial charge is 0.270 e. The minimum atomic E-state index is -0.426. The van der Waals surface area contributed by atoms with E-state index >= 15 is 0 Å². The number of aromatic amines is 1. The van der Waals surface area contributed by atoms with Crippen molar-refractivity contribution in [3.05, 3.63) is 52.6 Å². The van der Waals surface area contributed by atoms with Gasteiger partial charge < -0.3 is 5.73 Å². The molecule has 1 aromatic heterocycles. The van der Waals surface area contributed by atoms with E-state index in [1.165, 1.54) is 12.1 Å². The minimum Gasteiger partial charge on any atom is -0.398 e. The minimum absolute atomic E-state index is 0.0321. The lowest BCUT2D eigenvalue weighted by molar-refractivity contribution is -0.384. The molecule has 6 nitrogen and oxygen atoms in total. The van der Waals surface area contributed by atoms with Crippen LogP contribution >= 0.6 is 0 Å². The number of nitrogens with one attached hydrogen (secondary N) is 1. The van der Waals surface area contributed by atoms with Gasteiger partial charge in [0.2, 0.25) is 0 Å². The van der Waals surface area contributed by atoms with Crippen LogP contribution in [0.5, 0.6) is 0 Å². The van der Waals surface area contributed by atoms with Crippen LogP contribution in [0.4, 0.5) is 11.4 Å². The summed E-state index contributed by atoms with van der Waals surface area (Å²) < 4.78 is 0. The molecule has 0 fully saturated rings. The normalized spacial score (nSPS) is 10.7. The molecule has 0 saturated carbocycles. The van der Waals surface area contributed by atoms with E-state index in [2.05, 4.69) is 10.2 Å². The Labute approximate surface area is 108 Å². The Morgan fingerprint density at radius 3 is 2.74 bits per heavy atom. The van der Waals surface area contributed by atoms with Crippen LogP contribution in [0.3, 0.4) is 0 Å². The molecule has 0 aliphatic rings. The Morgan fingerprint density at radius 2 is 2.00 bits per heavy atom. The summed E-state index contributed by atoms with van der Waals surface area (Å²) in [6.07, 6.45) is 0. The Kier molecular flexibility index (Phi) is 2.42. The van der Waals surface area contributed by atoms with Gasteiger partial charge in [0.15, 0.2) is 0 Å². The molecule has 0 spiro atoms. The van der Waals surface area contributed by atoms with Crippen molar-refractivity contribution in [2.45, 2.75) is 0 Å². The highest BCUT2D eigenvalue weighted by Crippen LogP contribution is 2.31. The molecule has 3 N–H and O–H groups in total. The quantitative estimate of drug-likeness (QED) is 0.417. The molecule has 19 heavy (non-hydrogen) atoms.